The summed E-state index contributed by atoms with van der Waals surface area (Å²) in [6.07, 6.45) is 0.163. The SMILES string of the molecule is CC(=O)NC(CC(=O)N(C)CCOc1ccc(F)cc1)c1ccccc1. The van der Waals surface area contributed by atoms with Crippen LogP contribution in [0.2, 0.25) is 0 Å². The van der Waals surface area contributed by atoms with Gasteiger partial charge in [0.25, 0.3) is 0 Å². The number of halogens is 1. The maximum atomic E-state index is 12.9. The summed E-state index contributed by atoms with van der Waals surface area (Å²) in [5.41, 5.74) is 0.881. The van der Waals surface area contributed by atoms with Crippen LogP contribution >= 0.6 is 0 Å². The second-order valence-electron chi connectivity index (χ2n) is 5.99. The highest BCUT2D eigenvalue weighted by Gasteiger charge is 2.19. The number of nitrogens with zero attached hydrogens (tertiary/aromatic N) is 1. The van der Waals surface area contributed by atoms with E-state index >= 15 is 0 Å². The summed E-state index contributed by atoms with van der Waals surface area (Å²) in [5.74, 6) is -0.0634. The summed E-state index contributed by atoms with van der Waals surface area (Å²) in [6, 6.07) is 14.7. The Bertz CT molecular complexity index is 720. The standard InChI is InChI=1S/C20H23FN2O3/c1-15(24)22-19(16-6-4-3-5-7-16)14-20(25)23(2)12-13-26-18-10-8-17(21)9-11-18/h3-11,19H,12-14H2,1-2H3,(H,22,24). The first kappa shape index (κ1) is 19.4. The molecule has 0 bridgehead atoms. The third-order valence-corrected chi connectivity index (χ3v) is 3.89. The van der Waals surface area contributed by atoms with Gasteiger partial charge in [0.15, 0.2) is 0 Å². The number of hydrogen-bond donors (Lipinski definition) is 1. The molecule has 0 saturated carbocycles. The Balaban J connectivity index is 1.87. The fourth-order valence-corrected chi connectivity index (χ4v) is 2.47. The monoisotopic (exact) mass is 358 g/mol. The second kappa shape index (κ2) is 9.56. The Morgan fingerprint density at radius 3 is 2.38 bits per heavy atom. The predicted octanol–water partition coefficient (Wildman–Crippen LogP) is 2.93. The molecule has 1 atom stereocenters. The molecule has 2 aromatic carbocycles. The third-order valence-electron chi connectivity index (χ3n) is 3.89. The minimum atomic E-state index is -0.373. The summed E-state index contributed by atoms with van der Waals surface area (Å²) >= 11 is 0. The van der Waals surface area contributed by atoms with Crippen LogP contribution in [0.5, 0.6) is 5.75 Å². The molecule has 2 amide bonds. The van der Waals surface area contributed by atoms with E-state index in [-0.39, 0.29) is 30.1 Å². The minimum absolute atomic E-state index is 0.102. The lowest BCUT2D eigenvalue weighted by atomic mass is 10.0. The van der Waals surface area contributed by atoms with E-state index in [1.807, 2.05) is 30.3 Å². The molecule has 0 radical (unpaired) electrons. The molecule has 2 rings (SSSR count). The van der Waals surface area contributed by atoms with Crippen LogP contribution in [-0.2, 0) is 9.59 Å². The largest absolute Gasteiger partial charge is 0.492 e. The molecule has 0 aliphatic rings. The molecule has 26 heavy (non-hydrogen) atoms. The summed E-state index contributed by atoms with van der Waals surface area (Å²) in [6.45, 7) is 2.11. The van der Waals surface area contributed by atoms with E-state index in [4.69, 9.17) is 4.74 Å². The van der Waals surface area contributed by atoms with E-state index in [1.54, 1.807) is 24.1 Å². The zero-order valence-electron chi connectivity index (χ0n) is 14.9. The number of carbonyl (C=O) groups excluding carboxylic acids is 2. The summed E-state index contributed by atoms with van der Waals surface area (Å²) in [7, 11) is 1.69. The van der Waals surface area contributed by atoms with Gasteiger partial charge in [-0.05, 0) is 29.8 Å². The van der Waals surface area contributed by atoms with Crippen LogP contribution < -0.4 is 10.1 Å². The molecule has 0 fully saturated rings. The number of rotatable bonds is 8. The van der Waals surface area contributed by atoms with E-state index in [9.17, 15) is 14.0 Å². The van der Waals surface area contributed by atoms with Crippen LogP contribution in [0.25, 0.3) is 0 Å². The van der Waals surface area contributed by atoms with Crippen molar-refractivity contribution < 1.29 is 18.7 Å². The zero-order chi connectivity index (χ0) is 18.9. The van der Waals surface area contributed by atoms with Crippen molar-refractivity contribution >= 4 is 11.8 Å². The highest BCUT2D eigenvalue weighted by Crippen LogP contribution is 2.17. The van der Waals surface area contributed by atoms with Crippen LogP contribution in [0.15, 0.2) is 54.6 Å². The Morgan fingerprint density at radius 2 is 1.77 bits per heavy atom. The highest BCUT2D eigenvalue weighted by molar-refractivity contribution is 5.79. The molecular formula is C20H23FN2O3. The molecule has 0 spiro atoms. The van der Waals surface area contributed by atoms with E-state index in [2.05, 4.69) is 5.32 Å². The van der Waals surface area contributed by atoms with Crippen molar-refractivity contribution in [2.24, 2.45) is 0 Å². The van der Waals surface area contributed by atoms with Crippen molar-refractivity contribution in [3.05, 3.63) is 66.0 Å². The van der Waals surface area contributed by atoms with Gasteiger partial charge in [-0.15, -0.1) is 0 Å². The Kier molecular flexibility index (Phi) is 7.14. The number of hydrogen-bond acceptors (Lipinski definition) is 3. The van der Waals surface area contributed by atoms with Crippen molar-refractivity contribution in [2.75, 3.05) is 20.2 Å². The summed E-state index contributed by atoms with van der Waals surface area (Å²) in [4.78, 5) is 25.5. The molecule has 0 saturated heterocycles. The van der Waals surface area contributed by atoms with Gasteiger partial charge in [0.2, 0.25) is 11.8 Å². The van der Waals surface area contributed by atoms with Crippen LogP contribution in [0.4, 0.5) is 4.39 Å². The lowest BCUT2D eigenvalue weighted by Crippen LogP contribution is -2.35. The number of benzene rings is 2. The van der Waals surface area contributed by atoms with E-state index in [1.165, 1.54) is 19.1 Å². The Hall–Kier alpha value is -2.89. The maximum absolute atomic E-state index is 12.9. The van der Waals surface area contributed by atoms with Gasteiger partial charge >= 0.3 is 0 Å². The van der Waals surface area contributed by atoms with Gasteiger partial charge in [-0.1, -0.05) is 30.3 Å². The van der Waals surface area contributed by atoms with Crippen molar-refractivity contribution in [1.82, 2.24) is 10.2 Å². The Labute approximate surface area is 152 Å². The van der Waals surface area contributed by atoms with Crippen molar-refractivity contribution in [1.29, 1.82) is 0 Å². The molecule has 6 heteroatoms. The lowest BCUT2D eigenvalue weighted by Gasteiger charge is -2.22. The average molecular weight is 358 g/mol. The predicted molar refractivity (Wildman–Crippen MR) is 97.1 cm³/mol. The zero-order valence-corrected chi connectivity index (χ0v) is 14.9. The molecule has 1 unspecified atom stereocenters. The van der Waals surface area contributed by atoms with E-state index in [0.29, 0.717) is 18.9 Å². The second-order valence-corrected chi connectivity index (χ2v) is 5.99. The van der Waals surface area contributed by atoms with Crippen LogP contribution in [0.3, 0.4) is 0 Å². The van der Waals surface area contributed by atoms with Crippen molar-refractivity contribution in [3.63, 3.8) is 0 Å². The number of nitrogens with one attached hydrogen (secondary N) is 1. The molecule has 1 N–H and O–H groups in total. The lowest BCUT2D eigenvalue weighted by molar-refractivity contribution is -0.131. The molecule has 0 aromatic heterocycles. The first-order chi connectivity index (χ1) is 12.5. The minimum Gasteiger partial charge on any atom is -0.492 e. The van der Waals surface area contributed by atoms with Gasteiger partial charge < -0.3 is 15.0 Å². The van der Waals surface area contributed by atoms with Crippen LogP contribution in [-0.4, -0.2) is 36.9 Å². The fourth-order valence-electron chi connectivity index (χ4n) is 2.47. The molecule has 0 aliphatic carbocycles. The number of carbonyl (C=O) groups is 2. The molecule has 0 aliphatic heterocycles. The molecule has 2 aromatic rings. The normalized spacial score (nSPS) is 11.5. The van der Waals surface area contributed by atoms with Crippen molar-refractivity contribution in [3.8, 4) is 5.75 Å². The van der Waals surface area contributed by atoms with Gasteiger partial charge in [-0.2, -0.15) is 0 Å². The Morgan fingerprint density at radius 1 is 1.12 bits per heavy atom. The van der Waals surface area contributed by atoms with E-state index in [0.717, 1.165) is 5.56 Å². The molecule has 0 heterocycles. The number of ether oxygens (including phenoxy) is 1. The maximum Gasteiger partial charge on any atom is 0.224 e. The first-order valence-corrected chi connectivity index (χ1v) is 8.40. The summed E-state index contributed by atoms with van der Waals surface area (Å²) < 4.78 is 18.4. The fraction of sp³-hybridized carbons (Fsp3) is 0.300. The molecular weight excluding hydrogens is 335 g/mol. The van der Waals surface area contributed by atoms with Crippen LogP contribution in [0, 0.1) is 5.82 Å². The third kappa shape index (κ3) is 6.20. The summed E-state index contributed by atoms with van der Waals surface area (Å²) in [5, 5.41) is 2.82. The van der Waals surface area contributed by atoms with Gasteiger partial charge in [0.05, 0.1) is 19.0 Å². The smallest absolute Gasteiger partial charge is 0.224 e. The molecule has 138 valence electrons. The molecule has 5 nitrogen and oxygen atoms in total. The quantitative estimate of drug-likeness (QED) is 0.789. The van der Waals surface area contributed by atoms with Gasteiger partial charge in [-0.25, -0.2) is 4.39 Å². The van der Waals surface area contributed by atoms with Gasteiger partial charge in [0.1, 0.15) is 18.2 Å². The number of likely N-dealkylation sites (N-methyl/N-ethyl adjacent to an activating group) is 1. The highest BCUT2D eigenvalue weighted by atomic mass is 19.1. The van der Waals surface area contributed by atoms with Gasteiger partial charge in [0, 0.05) is 14.0 Å². The first-order valence-electron chi connectivity index (χ1n) is 8.40. The van der Waals surface area contributed by atoms with Crippen LogP contribution in [0.1, 0.15) is 24.9 Å². The number of amides is 2. The topological polar surface area (TPSA) is 58.6 Å². The van der Waals surface area contributed by atoms with Gasteiger partial charge in [-0.3, -0.25) is 9.59 Å². The van der Waals surface area contributed by atoms with Crippen molar-refractivity contribution in [2.45, 2.75) is 19.4 Å². The van der Waals surface area contributed by atoms with E-state index < -0.39 is 0 Å². The average Bonchev–Trinajstić information content (AvgIpc) is 2.63.